The molecule has 6 rings (SSSR count). The predicted octanol–water partition coefficient (Wildman–Crippen LogP) is 4.11. The van der Waals surface area contributed by atoms with E-state index >= 15 is 0 Å². The number of unbranched alkanes of at least 4 members (excludes halogenated alkanes) is 1. The fraction of sp³-hybridized carbons (Fsp3) is 0.452. The molecule has 0 atom stereocenters. The fourth-order valence-corrected chi connectivity index (χ4v) is 7.18. The molecule has 3 aromatic rings. The van der Waals surface area contributed by atoms with Gasteiger partial charge in [0.05, 0.1) is 25.5 Å². The van der Waals surface area contributed by atoms with E-state index in [4.69, 9.17) is 9.84 Å². The Morgan fingerprint density at radius 2 is 1.82 bits per heavy atom. The highest BCUT2D eigenvalue weighted by molar-refractivity contribution is 7.13. The van der Waals surface area contributed by atoms with Crippen LogP contribution in [0.25, 0.3) is 11.1 Å². The average molecular weight is 561 g/mol. The summed E-state index contributed by atoms with van der Waals surface area (Å²) >= 11 is 1.41. The number of carbonyl (C=O) groups excluding carboxylic acids is 1. The van der Waals surface area contributed by atoms with Gasteiger partial charge in [-0.2, -0.15) is 0 Å². The largest absolute Gasteiger partial charge is 0.480 e. The molecule has 2 aromatic carbocycles. The molecule has 9 heteroatoms. The number of carbonyl (C=O) groups is 2. The Morgan fingerprint density at radius 1 is 0.975 bits per heavy atom. The third kappa shape index (κ3) is 5.98. The summed E-state index contributed by atoms with van der Waals surface area (Å²) in [7, 11) is 0. The summed E-state index contributed by atoms with van der Waals surface area (Å²) < 4.78 is 5.45. The number of morpholine rings is 1. The van der Waals surface area contributed by atoms with Crippen molar-refractivity contribution in [1.29, 1.82) is 0 Å². The molecule has 4 heterocycles. The number of benzene rings is 2. The van der Waals surface area contributed by atoms with Crippen molar-refractivity contribution in [2.45, 2.75) is 38.6 Å². The Kier molecular flexibility index (Phi) is 8.25. The predicted molar refractivity (Wildman–Crippen MR) is 156 cm³/mol. The van der Waals surface area contributed by atoms with Crippen LogP contribution in [0.4, 0.5) is 5.69 Å². The van der Waals surface area contributed by atoms with Crippen molar-refractivity contribution in [3.05, 3.63) is 69.2 Å². The number of aromatic nitrogens is 1. The van der Waals surface area contributed by atoms with E-state index in [1.54, 1.807) is 0 Å². The molecule has 210 valence electrons. The number of rotatable bonds is 9. The monoisotopic (exact) mass is 560 g/mol. The van der Waals surface area contributed by atoms with Crippen LogP contribution in [0.3, 0.4) is 0 Å². The van der Waals surface area contributed by atoms with E-state index in [2.05, 4.69) is 40.2 Å². The van der Waals surface area contributed by atoms with E-state index in [0.717, 1.165) is 61.9 Å². The van der Waals surface area contributed by atoms with Gasteiger partial charge in [0, 0.05) is 49.7 Å². The summed E-state index contributed by atoms with van der Waals surface area (Å²) in [4.78, 5) is 36.7. The van der Waals surface area contributed by atoms with Crippen LogP contribution in [-0.2, 0) is 35.3 Å². The molecule has 40 heavy (non-hydrogen) atoms. The number of nitrogens with zero attached hydrogens (tertiary/aromatic N) is 4. The highest BCUT2D eigenvalue weighted by Crippen LogP contribution is 2.38. The molecule has 1 fully saturated rings. The van der Waals surface area contributed by atoms with Crippen molar-refractivity contribution in [3.8, 4) is 11.1 Å². The van der Waals surface area contributed by atoms with Crippen LogP contribution in [0.15, 0.2) is 42.5 Å². The lowest BCUT2D eigenvalue weighted by Gasteiger charge is -2.26. The lowest BCUT2D eigenvalue weighted by molar-refractivity contribution is -0.138. The minimum atomic E-state index is -0.831. The molecule has 0 unspecified atom stereocenters. The third-order valence-electron chi connectivity index (χ3n) is 8.16. The molecule has 1 N–H and O–H groups in total. The molecule has 0 spiro atoms. The van der Waals surface area contributed by atoms with E-state index in [-0.39, 0.29) is 12.5 Å². The molecule has 0 saturated carbocycles. The molecule has 0 bridgehead atoms. The molecule has 0 radical (unpaired) electrons. The lowest BCUT2D eigenvalue weighted by atomic mass is 9.95. The number of ether oxygens (including phenoxy) is 1. The van der Waals surface area contributed by atoms with E-state index < -0.39 is 5.97 Å². The summed E-state index contributed by atoms with van der Waals surface area (Å²) in [6.45, 7) is 6.78. The molecule has 3 aliphatic rings. The zero-order valence-corrected chi connectivity index (χ0v) is 23.6. The van der Waals surface area contributed by atoms with Gasteiger partial charge >= 0.3 is 5.97 Å². The molecule has 3 aliphatic heterocycles. The van der Waals surface area contributed by atoms with Crippen molar-refractivity contribution in [2.75, 3.05) is 57.4 Å². The minimum absolute atomic E-state index is 0.0124. The van der Waals surface area contributed by atoms with Gasteiger partial charge < -0.3 is 14.7 Å². The van der Waals surface area contributed by atoms with Gasteiger partial charge in [-0.05, 0) is 60.5 Å². The Morgan fingerprint density at radius 3 is 2.67 bits per heavy atom. The SMILES string of the molecule is O=C(O)CN1CCc2nc(C(=O)N3CCc4c(-c5cccc(CCCCN6CCOCC6)c5)cccc43)sc2C1. The van der Waals surface area contributed by atoms with Gasteiger partial charge in [0.15, 0.2) is 5.01 Å². The highest BCUT2D eigenvalue weighted by Gasteiger charge is 2.31. The van der Waals surface area contributed by atoms with Crippen molar-refractivity contribution >= 4 is 28.9 Å². The summed E-state index contributed by atoms with van der Waals surface area (Å²) in [5, 5.41) is 9.64. The zero-order chi connectivity index (χ0) is 27.5. The Balaban J connectivity index is 1.13. The van der Waals surface area contributed by atoms with Crippen LogP contribution < -0.4 is 4.90 Å². The van der Waals surface area contributed by atoms with Crippen LogP contribution in [0, 0.1) is 0 Å². The number of hydrogen-bond donors (Lipinski definition) is 1. The molecular formula is C31H36N4O4S. The van der Waals surface area contributed by atoms with Crippen LogP contribution in [-0.4, -0.2) is 84.2 Å². The third-order valence-corrected chi connectivity index (χ3v) is 9.23. The number of aliphatic carboxylic acids is 1. The molecule has 8 nitrogen and oxygen atoms in total. The van der Waals surface area contributed by atoms with E-state index in [0.29, 0.717) is 31.1 Å². The smallest absolute Gasteiger partial charge is 0.317 e. The van der Waals surface area contributed by atoms with Gasteiger partial charge in [-0.3, -0.25) is 19.4 Å². The van der Waals surface area contributed by atoms with Crippen molar-refractivity contribution in [2.24, 2.45) is 0 Å². The normalized spacial score (nSPS) is 17.6. The summed E-state index contributed by atoms with van der Waals surface area (Å²) in [6, 6.07) is 15.1. The molecule has 0 aliphatic carbocycles. The van der Waals surface area contributed by atoms with Gasteiger partial charge in [-0.1, -0.05) is 36.4 Å². The van der Waals surface area contributed by atoms with Crippen LogP contribution >= 0.6 is 11.3 Å². The molecule has 1 amide bonds. The van der Waals surface area contributed by atoms with Crippen molar-refractivity contribution < 1.29 is 19.4 Å². The quantitative estimate of drug-likeness (QED) is 0.394. The highest BCUT2D eigenvalue weighted by atomic mass is 32.1. The number of aryl methyl sites for hydroxylation is 1. The summed E-state index contributed by atoms with van der Waals surface area (Å²) in [6.07, 6.45) is 4.92. The Bertz CT molecular complexity index is 1380. The van der Waals surface area contributed by atoms with Crippen LogP contribution in [0.5, 0.6) is 0 Å². The molecule has 1 aromatic heterocycles. The maximum absolute atomic E-state index is 13.6. The van der Waals surface area contributed by atoms with E-state index in [1.165, 1.54) is 46.4 Å². The number of thiazole rings is 1. The van der Waals surface area contributed by atoms with E-state index in [1.807, 2.05) is 21.9 Å². The second-order valence-corrected chi connectivity index (χ2v) is 11.9. The number of hydrogen-bond acceptors (Lipinski definition) is 7. The molecular weight excluding hydrogens is 524 g/mol. The van der Waals surface area contributed by atoms with Gasteiger partial charge in [0.1, 0.15) is 0 Å². The number of carboxylic acid groups (broad SMARTS) is 1. The maximum atomic E-state index is 13.6. The van der Waals surface area contributed by atoms with Crippen LogP contribution in [0.1, 0.15) is 44.3 Å². The van der Waals surface area contributed by atoms with Gasteiger partial charge in [0.2, 0.25) is 0 Å². The topological polar surface area (TPSA) is 86.2 Å². The van der Waals surface area contributed by atoms with Gasteiger partial charge in [-0.25, -0.2) is 4.98 Å². The van der Waals surface area contributed by atoms with Crippen molar-refractivity contribution in [3.63, 3.8) is 0 Å². The number of amides is 1. The zero-order valence-electron chi connectivity index (χ0n) is 22.8. The van der Waals surface area contributed by atoms with E-state index in [9.17, 15) is 9.59 Å². The minimum Gasteiger partial charge on any atom is -0.480 e. The first kappa shape index (κ1) is 27.1. The first-order chi connectivity index (χ1) is 19.5. The summed E-state index contributed by atoms with van der Waals surface area (Å²) in [5.74, 6) is -0.892. The second-order valence-electron chi connectivity index (χ2n) is 10.9. The van der Waals surface area contributed by atoms with Gasteiger partial charge in [0.25, 0.3) is 5.91 Å². The second kappa shape index (κ2) is 12.2. The number of fused-ring (bicyclic) bond motifs is 2. The first-order valence-corrected chi connectivity index (χ1v) is 15.1. The van der Waals surface area contributed by atoms with Crippen LogP contribution in [0.2, 0.25) is 0 Å². The lowest BCUT2D eigenvalue weighted by Crippen LogP contribution is -2.36. The summed E-state index contributed by atoms with van der Waals surface area (Å²) in [5.41, 5.74) is 6.89. The number of anilines is 1. The molecule has 1 saturated heterocycles. The van der Waals surface area contributed by atoms with Gasteiger partial charge in [-0.15, -0.1) is 11.3 Å². The fourth-order valence-electron chi connectivity index (χ4n) is 6.08. The Hall–Kier alpha value is -3.11. The average Bonchev–Trinajstić information content (AvgIpc) is 3.60. The first-order valence-electron chi connectivity index (χ1n) is 14.3. The number of carboxylic acids is 1. The maximum Gasteiger partial charge on any atom is 0.317 e. The standard InChI is InChI=1S/C31H36N4O4S/c36-29(37)21-34-13-11-26-28(20-34)40-30(32-26)31(38)35-14-10-25-24(8-4-9-27(25)35)23-7-3-6-22(19-23)5-1-2-12-33-15-17-39-18-16-33/h3-4,6-9,19H,1-2,5,10-18,20-21H2,(H,36,37). The Labute approximate surface area is 239 Å². The van der Waals surface area contributed by atoms with Crippen molar-refractivity contribution in [1.82, 2.24) is 14.8 Å².